The molecule has 0 saturated heterocycles. The number of carbonyl (C=O) groups excluding carboxylic acids is 2. The van der Waals surface area contributed by atoms with Crippen LogP contribution >= 0.6 is 0 Å². The molecule has 0 fully saturated rings. The summed E-state index contributed by atoms with van der Waals surface area (Å²) in [6.07, 6.45) is 1.61. The highest BCUT2D eigenvalue weighted by molar-refractivity contribution is 5.95. The molecule has 160 valence electrons. The highest BCUT2D eigenvalue weighted by atomic mass is 16.2. The molecule has 0 radical (unpaired) electrons. The standard InChI is InChI=1S/C25H27N3O3/c1-17(18-9-6-5-7-10-18)26-22(29)21-11-8-16-28(23(21)30)20-14-12-19(13-15-20)27-24(31)25(2,3)4/h5-17H,1-4H3,(H,26,29)(H,27,31)/t17-/m0/s1. The first kappa shape index (κ1) is 22.0. The number of hydrogen-bond acceptors (Lipinski definition) is 3. The second-order valence-corrected chi connectivity index (χ2v) is 8.45. The van der Waals surface area contributed by atoms with Gasteiger partial charge in [0.2, 0.25) is 5.91 Å². The molecule has 2 N–H and O–H groups in total. The minimum atomic E-state index is -0.506. The second-order valence-electron chi connectivity index (χ2n) is 8.45. The van der Waals surface area contributed by atoms with Crippen molar-refractivity contribution in [2.24, 2.45) is 5.41 Å². The van der Waals surface area contributed by atoms with Gasteiger partial charge in [-0.2, -0.15) is 0 Å². The van der Waals surface area contributed by atoms with Gasteiger partial charge >= 0.3 is 0 Å². The van der Waals surface area contributed by atoms with E-state index in [0.717, 1.165) is 5.56 Å². The Kier molecular flexibility index (Phi) is 6.39. The molecule has 0 unspecified atom stereocenters. The maximum atomic E-state index is 13.0. The second kappa shape index (κ2) is 9.00. The third kappa shape index (κ3) is 5.28. The summed E-state index contributed by atoms with van der Waals surface area (Å²) in [5, 5.41) is 5.73. The Morgan fingerprint density at radius 3 is 2.16 bits per heavy atom. The number of pyridine rings is 1. The number of anilines is 1. The molecule has 1 atom stereocenters. The topological polar surface area (TPSA) is 80.2 Å². The average molecular weight is 418 g/mol. The van der Waals surface area contributed by atoms with Crippen molar-refractivity contribution in [2.75, 3.05) is 5.32 Å². The van der Waals surface area contributed by atoms with Crippen LogP contribution in [0.1, 0.15) is 49.7 Å². The van der Waals surface area contributed by atoms with Gasteiger partial charge in [-0.15, -0.1) is 0 Å². The SMILES string of the molecule is C[C@H](NC(=O)c1cccn(-c2ccc(NC(=O)C(C)(C)C)cc2)c1=O)c1ccccc1. The van der Waals surface area contributed by atoms with Crippen molar-refractivity contribution in [3.8, 4) is 5.69 Å². The molecular formula is C25H27N3O3. The fourth-order valence-electron chi connectivity index (χ4n) is 2.99. The van der Waals surface area contributed by atoms with Crippen LogP contribution in [0.25, 0.3) is 5.69 Å². The molecule has 0 saturated carbocycles. The van der Waals surface area contributed by atoms with Crippen LogP contribution < -0.4 is 16.2 Å². The fourth-order valence-corrected chi connectivity index (χ4v) is 2.99. The van der Waals surface area contributed by atoms with Crippen molar-refractivity contribution < 1.29 is 9.59 Å². The number of aromatic nitrogens is 1. The van der Waals surface area contributed by atoms with Crippen molar-refractivity contribution in [1.29, 1.82) is 0 Å². The van der Waals surface area contributed by atoms with E-state index in [2.05, 4.69) is 10.6 Å². The van der Waals surface area contributed by atoms with E-state index in [0.29, 0.717) is 11.4 Å². The van der Waals surface area contributed by atoms with E-state index in [-0.39, 0.29) is 17.5 Å². The Bertz CT molecular complexity index is 1130. The summed E-state index contributed by atoms with van der Waals surface area (Å²) in [6, 6.07) is 19.4. The smallest absolute Gasteiger partial charge is 0.267 e. The Labute approximate surface area is 181 Å². The van der Waals surface area contributed by atoms with Crippen LogP contribution in [0.5, 0.6) is 0 Å². The summed E-state index contributed by atoms with van der Waals surface area (Å²) < 4.78 is 1.41. The number of nitrogens with one attached hydrogen (secondary N) is 2. The summed E-state index contributed by atoms with van der Waals surface area (Å²) >= 11 is 0. The van der Waals surface area contributed by atoms with E-state index < -0.39 is 16.9 Å². The van der Waals surface area contributed by atoms with Crippen LogP contribution in [0, 0.1) is 5.41 Å². The zero-order valence-corrected chi connectivity index (χ0v) is 18.2. The van der Waals surface area contributed by atoms with Gasteiger partial charge in [0.1, 0.15) is 5.56 Å². The van der Waals surface area contributed by atoms with Crippen molar-refractivity contribution in [3.63, 3.8) is 0 Å². The van der Waals surface area contributed by atoms with Gasteiger partial charge < -0.3 is 10.6 Å². The molecule has 0 aliphatic rings. The first-order valence-electron chi connectivity index (χ1n) is 10.2. The van der Waals surface area contributed by atoms with Crippen LogP contribution in [0.15, 0.2) is 77.7 Å². The summed E-state index contributed by atoms with van der Waals surface area (Å²) in [5.74, 6) is -0.520. The molecule has 2 aromatic carbocycles. The van der Waals surface area contributed by atoms with E-state index >= 15 is 0 Å². The van der Waals surface area contributed by atoms with Crippen LogP contribution in [0.2, 0.25) is 0 Å². The monoisotopic (exact) mass is 417 g/mol. The van der Waals surface area contributed by atoms with Crippen molar-refractivity contribution in [3.05, 3.63) is 94.4 Å². The largest absolute Gasteiger partial charge is 0.345 e. The number of benzene rings is 2. The number of carbonyl (C=O) groups is 2. The van der Waals surface area contributed by atoms with Gasteiger partial charge in [-0.1, -0.05) is 51.1 Å². The lowest BCUT2D eigenvalue weighted by molar-refractivity contribution is -0.123. The first-order valence-corrected chi connectivity index (χ1v) is 10.2. The fraction of sp³-hybridized carbons (Fsp3) is 0.240. The van der Waals surface area contributed by atoms with Gasteiger partial charge in [0.05, 0.1) is 6.04 Å². The third-order valence-corrected chi connectivity index (χ3v) is 4.92. The molecule has 0 aliphatic carbocycles. The van der Waals surface area contributed by atoms with Crippen LogP contribution in [0.4, 0.5) is 5.69 Å². The number of nitrogens with zero attached hydrogens (tertiary/aromatic N) is 1. The Morgan fingerprint density at radius 1 is 0.903 bits per heavy atom. The van der Waals surface area contributed by atoms with Gasteiger partial charge in [-0.05, 0) is 48.9 Å². The lowest BCUT2D eigenvalue weighted by atomic mass is 9.95. The minimum absolute atomic E-state index is 0.0652. The molecule has 6 heteroatoms. The Morgan fingerprint density at radius 2 is 1.55 bits per heavy atom. The number of amides is 2. The van der Waals surface area contributed by atoms with E-state index in [1.165, 1.54) is 10.6 Å². The Hall–Kier alpha value is -3.67. The molecule has 31 heavy (non-hydrogen) atoms. The zero-order chi connectivity index (χ0) is 22.6. The molecule has 0 bridgehead atoms. The molecule has 2 amide bonds. The highest BCUT2D eigenvalue weighted by Crippen LogP contribution is 2.18. The molecule has 6 nitrogen and oxygen atoms in total. The van der Waals surface area contributed by atoms with Crippen molar-refractivity contribution in [2.45, 2.75) is 33.7 Å². The van der Waals surface area contributed by atoms with Crippen LogP contribution in [0.3, 0.4) is 0 Å². The minimum Gasteiger partial charge on any atom is -0.345 e. The highest BCUT2D eigenvalue weighted by Gasteiger charge is 2.21. The van der Waals surface area contributed by atoms with E-state index in [9.17, 15) is 14.4 Å². The average Bonchev–Trinajstić information content (AvgIpc) is 2.74. The quantitative estimate of drug-likeness (QED) is 0.649. The zero-order valence-electron chi connectivity index (χ0n) is 18.2. The molecule has 1 heterocycles. The van der Waals surface area contributed by atoms with E-state index in [1.54, 1.807) is 36.5 Å². The molecule has 0 aliphatic heterocycles. The summed E-state index contributed by atoms with van der Waals surface area (Å²) in [5.41, 5.74) is 1.35. The van der Waals surface area contributed by atoms with Gasteiger partial charge in [0.15, 0.2) is 0 Å². The van der Waals surface area contributed by atoms with Crippen molar-refractivity contribution in [1.82, 2.24) is 9.88 Å². The van der Waals surface area contributed by atoms with Gasteiger partial charge in [0.25, 0.3) is 11.5 Å². The van der Waals surface area contributed by atoms with Gasteiger partial charge in [-0.3, -0.25) is 19.0 Å². The molecule has 0 spiro atoms. The summed E-state index contributed by atoms with van der Waals surface area (Å²) in [4.78, 5) is 37.8. The number of hydrogen-bond donors (Lipinski definition) is 2. The predicted octanol–water partition coefficient (Wildman–Crippen LogP) is 4.31. The lowest BCUT2D eigenvalue weighted by Gasteiger charge is -2.18. The molecule has 3 aromatic rings. The maximum Gasteiger partial charge on any atom is 0.267 e. The van der Waals surface area contributed by atoms with Crippen molar-refractivity contribution >= 4 is 17.5 Å². The molecule has 3 rings (SSSR count). The molecular weight excluding hydrogens is 390 g/mol. The Balaban J connectivity index is 1.80. The first-order chi connectivity index (χ1) is 14.7. The van der Waals surface area contributed by atoms with E-state index in [1.807, 2.05) is 58.0 Å². The van der Waals surface area contributed by atoms with Gasteiger partial charge in [0, 0.05) is 23.0 Å². The normalized spacial score (nSPS) is 12.1. The maximum absolute atomic E-state index is 13.0. The van der Waals surface area contributed by atoms with Crippen LogP contribution in [-0.4, -0.2) is 16.4 Å². The summed E-state index contributed by atoms with van der Waals surface area (Å²) in [6.45, 7) is 7.39. The van der Waals surface area contributed by atoms with E-state index in [4.69, 9.17) is 0 Å². The lowest BCUT2D eigenvalue weighted by Crippen LogP contribution is -2.33. The summed E-state index contributed by atoms with van der Waals surface area (Å²) in [7, 11) is 0. The predicted molar refractivity (Wildman–Crippen MR) is 122 cm³/mol. The van der Waals surface area contributed by atoms with Crippen LogP contribution in [-0.2, 0) is 4.79 Å². The van der Waals surface area contributed by atoms with Gasteiger partial charge in [-0.25, -0.2) is 0 Å². The number of rotatable bonds is 5. The third-order valence-electron chi connectivity index (χ3n) is 4.92. The molecule has 1 aromatic heterocycles.